The molecule has 1 heterocycles. The van der Waals surface area contributed by atoms with Gasteiger partial charge in [-0.1, -0.05) is 37.6 Å². The molecule has 0 saturated carbocycles. The van der Waals surface area contributed by atoms with E-state index in [4.69, 9.17) is 0 Å². The second kappa shape index (κ2) is 4.52. The first-order valence-electron chi connectivity index (χ1n) is 6.12. The van der Waals surface area contributed by atoms with Gasteiger partial charge < -0.3 is 0 Å². The number of sulfonamides is 1. The molecule has 0 amide bonds. The van der Waals surface area contributed by atoms with Gasteiger partial charge in [-0.3, -0.25) is 0 Å². The average Bonchev–Trinajstić information content (AvgIpc) is 3.04. The van der Waals surface area contributed by atoms with Gasteiger partial charge in [0.15, 0.2) is 0 Å². The standard InChI is InChI=1S/C14H19NO2S/c1-5-13-14(10(2)3)15(13)18(16,17)12-8-6-11(4)7-9-12/h5-10,13-14H,1H2,2-4H3. The first-order valence-corrected chi connectivity index (χ1v) is 7.56. The van der Waals surface area contributed by atoms with Crippen LogP contribution in [0.15, 0.2) is 41.8 Å². The van der Waals surface area contributed by atoms with Crippen LogP contribution in [0.3, 0.4) is 0 Å². The van der Waals surface area contributed by atoms with Crippen molar-refractivity contribution in [1.82, 2.24) is 4.31 Å². The Hall–Kier alpha value is -1.13. The van der Waals surface area contributed by atoms with Crippen LogP contribution in [0.4, 0.5) is 0 Å². The van der Waals surface area contributed by atoms with Crippen LogP contribution in [0.2, 0.25) is 0 Å². The number of rotatable bonds is 4. The van der Waals surface area contributed by atoms with E-state index >= 15 is 0 Å². The van der Waals surface area contributed by atoms with Crippen molar-refractivity contribution in [2.24, 2.45) is 5.92 Å². The SMILES string of the molecule is C=CC1C(C(C)C)N1S(=O)(=O)c1ccc(C)cc1. The van der Waals surface area contributed by atoms with Crippen molar-refractivity contribution in [2.45, 2.75) is 37.8 Å². The Morgan fingerprint density at radius 2 is 1.83 bits per heavy atom. The van der Waals surface area contributed by atoms with Gasteiger partial charge in [0.1, 0.15) is 0 Å². The van der Waals surface area contributed by atoms with E-state index < -0.39 is 10.0 Å². The van der Waals surface area contributed by atoms with E-state index in [-0.39, 0.29) is 12.1 Å². The molecular formula is C14H19NO2S. The maximum atomic E-state index is 12.5. The molecule has 0 radical (unpaired) electrons. The molecule has 0 aliphatic carbocycles. The van der Waals surface area contributed by atoms with Crippen LogP contribution in [0.1, 0.15) is 19.4 Å². The van der Waals surface area contributed by atoms with Gasteiger partial charge in [0.25, 0.3) is 0 Å². The molecule has 1 aromatic carbocycles. The monoisotopic (exact) mass is 265 g/mol. The van der Waals surface area contributed by atoms with E-state index in [0.717, 1.165) is 5.56 Å². The van der Waals surface area contributed by atoms with Crippen molar-refractivity contribution >= 4 is 10.0 Å². The Labute approximate surface area is 109 Å². The molecule has 2 rings (SSSR count). The lowest BCUT2D eigenvalue weighted by atomic mass is 10.1. The van der Waals surface area contributed by atoms with E-state index in [1.807, 2.05) is 32.9 Å². The van der Waals surface area contributed by atoms with Crippen LogP contribution in [-0.4, -0.2) is 24.8 Å². The third-order valence-electron chi connectivity index (χ3n) is 3.37. The van der Waals surface area contributed by atoms with Crippen LogP contribution < -0.4 is 0 Å². The number of nitrogens with zero attached hydrogens (tertiary/aromatic N) is 1. The molecule has 18 heavy (non-hydrogen) atoms. The number of aryl methyl sites for hydroxylation is 1. The summed E-state index contributed by atoms with van der Waals surface area (Å²) in [4.78, 5) is 0.364. The normalized spacial score (nSPS) is 27.2. The van der Waals surface area contributed by atoms with Gasteiger partial charge >= 0.3 is 0 Å². The minimum Gasteiger partial charge on any atom is -0.207 e. The lowest BCUT2D eigenvalue weighted by molar-refractivity contribution is 0.517. The molecule has 0 aromatic heterocycles. The molecule has 98 valence electrons. The van der Waals surface area contributed by atoms with E-state index in [0.29, 0.717) is 10.8 Å². The maximum Gasteiger partial charge on any atom is 0.243 e. The third kappa shape index (κ3) is 2.10. The molecular weight excluding hydrogens is 246 g/mol. The molecule has 0 spiro atoms. The van der Waals surface area contributed by atoms with Gasteiger partial charge in [0.05, 0.1) is 10.9 Å². The Kier molecular flexibility index (Phi) is 3.34. The Balaban J connectivity index is 2.33. The van der Waals surface area contributed by atoms with E-state index in [1.54, 1.807) is 22.5 Å². The van der Waals surface area contributed by atoms with Crippen molar-refractivity contribution in [3.05, 3.63) is 42.5 Å². The van der Waals surface area contributed by atoms with Crippen molar-refractivity contribution in [1.29, 1.82) is 0 Å². The zero-order valence-corrected chi connectivity index (χ0v) is 11.8. The van der Waals surface area contributed by atoms with Gasteiger partial charge in [0, 0.05) is 6.04 Å². The highest BCUT2D eigenvalue weighted by Crippen LogP contribution is 2.40. The van der Waals surface area contributed by atoms with Crippen molar-refractivity contribution < 1.29 is 8.42 Å². The number of hydrogen-bond donors (Lipinski definition) is 0. The fourth-order valence-electron chi connectivity index (χ4n) is 2.33. The zero-order chi connectivity index (χ0) is 13.5. The Morgan fingerprint density at radius 3 is 2.22 bits per heavy atom. The lowest BCUT2D eigenvalue weighted by Gasteiger charge is -2.08. The molecule has 3 unspecified atom stereocenters. The number of benzene rings is 1. The van der Waals surface area contributed by atoms with Crippen LogP contribution in [0.5, 0.6) is 0 Å². The van der Waals surface area contributed by atoms with Gasteiger partial charge in [-0.15, -0.1) is 6.58 Å². The summed E-state index contributed by atoms with van der Waals surface area (Å²) in [6.07, 6.45) is 1.72. The summed E-state index contributed by atoms with van der Waals surface area (Å²) in [5.74, 6) is 0.299. The summed E-state index contributed by atoms with van der Waals surface area (Å²) in [6.45, 7) is 9.73. The average molecular weight is 265 g/mol. The second-order valence-electron chi connectivity index (χ2n) is 5.11. The minimum atomic E-state index is -3.38. The second-order valence-corrected chi connectivity index (χ2v) is 6.95. The van der Waals surface area contributed by atoms with Gasteiger partial charge in [-0.2, -0.15) is 4.31 Å². The van der Waals surface area contributed by atoms with Crippen molar-refractivity contribution in [3.8, 4) is 0 Å². The van der Waals surface area contributed by atoms with Crippen molar-refractivity contribution in [3.63, 3.8) is 0 Å². The first kappa shape index (κ1) is 13.3. The molecule has 4 heteroatoms. The molecule has 3 nitrogen and oxygen atoms in total. The lowest BCUT2D eigenvalue weighted by Crippen LogP contribution is -2.17. The third-order valence-corrected chi connectivity index (χ3v) is 5.28. The fraction of sp³-hybridized carbons (Fsp3) is 0.429. The summed E-state index contributed by atoms with van der Waals surface area (Å²) in [5, 5.41) is 0. The summed E-state index contributed by atoms with van der Waals surface area (Å²) < 4.78 is 26.5. The van der Waals surface area contributed by atoms with E-state index in [2.05, 4.69) is 6.58 Å². The molecule has 0 bridgehead atoms. The first-order chi connectivity index (χ1) is 8.39. The van der Waals surface area contributed by atoms with Gasteiger partial charge in [0.2, 0.25) is 10.0 Å². The molecule has 1 aliphatic heterocycles. The maximum absolute atomic E-state index is 12.5. The highest BCUT2D eigenvalue weighted by atomic mass is 32.2. The zero-order valence-electron chi connectivity index (χ0n) is 11.0. The van der Waals surface area contributed by atoms with E-state index in [1.165, 1.54) is 0 Å². The fourth-order valence-corrected chi connectivity index (χ4v) is 4.22. The van der Waals surface area contributed by atoms with E-state index in [9.17, 15) is 8.42 Å². The molecule has 1 saturated heterocycles. The number of hydrogen-bond acceptors (Lipinski definition) is 2. The predicted octanol–water partition coefficient (Wildman–Crippen LogP) is 2.58. The molecule has 1 fully saturated rings. The highest BCUT2D eigenvalue weighted by molar-refractivity contribution is 7.89. The topological polar surface area (TPSA) is 37.1 Å². The van der Waals surface area contributed by atoms with Gasteiger partial charge in [-0.05, 0) is 25.0 Å². The largest absolute Gasteiger partial charge is 0.243 e. The quantitative estimate of drug-likeness (QED) is 0.620. The van der Waals surface area contributed by atoms with Crippen LogP contribution >= 0.6 is 0 Å². The van der Waals surface area contributed by atoms with Crippen molar-refractivity contribution in [2.75, 3.05) is 0 Å². The van der Waals surface area contributed by atoms with Crippen LogP contribution in [0.25, 0.3) is 0 Å². The Morgan fingerprint density at radius 1 is 1.28 bits per heavy atom. The summed E-state index contributed by atoms with van der Waals surface area (Å²) >= 11 is 0. The predicted molar refractivity (Wildman–Crippen MR) is 72.8 cm³/mol. The summed E-state index contributed by atoms with van der Waals surface area (Å²) in [5.41, 5.74) is 1.06. The molecule has 0 N–H and O–H groups in total. The highest BCUT2D eigenvalue weighted by Gasteiger charge is 2.54. The minimum absolute atomic E-state index is 0.0498. The molecule has 1 aliphatic rings. The molecule has 3 atom stereocenters. The Bertz CT molecular complexity index is 546. The summed E-state index contributed by atoms with van der Waals surface area (Å²) in [6, 6.07) is 6.97. The van der Waals surface area contributed by atoms with Crippen LogP contribution in [0, 0.1) is 12.8 Å². The van der Waals surface area contributed by atoms with Gasteiger partial charge in [-0.25, -0.2) is 8.42 Å². The summed E-state index contributed by atoms with van der Waals surface area (Å²) in [7, 11) is -3.38. The van der Waals surface area contributed by atoms with Crippen LogP contribution in [-0.2, 0) is 10.0 Å². The smallest absolute Gasteiger partial charge is 0.207 e. The molecule has 1 aromatic rings.